The Kier molecular flexibility index (Phi) is 5.77. The molecule has 128 valence electrons. The third-order valence-corrected chi connectivity index (χ3v) is 4.60. The Morgan fingerprint density at radius 2 is 2.21 bits per heavy atom. The molecule has 0 spiro atoms. The van der Waals surface area contributed by atoms with E-state index in [0.29, 0.717) is 12.3 Å². The second-order valence-electron chi connectivity index (χ2n) is 5.74. The molecule has 1 fully saturated rings. The average molecular weight is 349 g/mol. The number of rotatable bonds is 5. The maximum atomic E-state index is 13.1. The first kappa shape index (κ1) is 16.9. The summed E-state index contributed by atoms with van der Waals surface area (Å²) < 4.78 is 18.5. The molecule has 1 aromatic heterocycles. The van der Waals surface area contributed by atoms with E-state index in [1.807, 2.05) is 10.4 Å². The zero-order valence-electron chi connectivity index (χ0n) is 13.4. The maximum Gasteiger partial charge on any atom is 0.260 e. The van der Waals surface area contributed by atoms with Crippen LogP contribution in [-0.4, -0.2) is 53.5 Å². The van der Waals surface area contributed by atoms with E-state index in [2.05, 4.69) is 15.3 Å². The molecule has 0 saturated carbocycles. The molecule has 1 aliphatic rings. The van der Waals surface area contributed by atoms with Crippen LogP contribution >= 0.6 is 11.3 Å². The van der Waals surface area contributed by atoms with Gasteiger partial charge >= 0.3 is 0 Å². The molecule has 5 nitrogen and oxygen atoms in total. The fourth-order valence-corrected chi connectivity index (χ4v) is 3.27. The lowest BCUT2D eigenvalue weighted by atomic mass is 10.3. The van der Waals surface area contributed by atoms with Crippen LogP contribution in [0.25, 0.3) is 0 Å². The molecular formula is C17H20FN3O2S. The van der Waals surface area contributed by atoms with E-state index < -0.39 is 0 Å². The van der Waals surface area contributed by atoms with Gasteiger partial charge in [0, 0.05) is 44.2 Å². The Morgan fingerprint density at radius 3 is 3.00 bits per heavy atom. The van der Waals surface area contributed by atoms with Crippen molar-refractivity contribution in [1.82, 2.24) is 14.8 Å². The minimum absolute atomic E-state index is 0.0600. The molecule has 2 heterocycles. The number of ether oxygens (including phenoxy) is 1. The van der Waals surface area contributed by atoms with Crippen LogP contribution in [0.4, 0.5) is 4.39 Å². The fraction of sp³-hybridized carbons (Fsp3) is 0.412. The van der Waals surface area contributed by atoms with Gasteiger partial charge in [0.2, 0.25) is 0 Å². The molecule has 1 aliphatic heterocycles. The second kappa shape index (κ2) is 8.21. The molecule has 3 rings (SSSR count). The zero-order valence-corrected chi connectivity index (χ0v) is 14.2. The van der Waals surface area contributed by atoms with E-state index in [-0.39, 0.29) is 18.3 Å². The molecule has 0 atom stereocenters. The first-order valence-corrected chi connectivity index (χ1v) is 8.90. The summed E-state index contributed by atoms with van der Waals surface area (Å²) in [7, 11) is 0. The molecule has 0 radical (unpaired) electrons. The lowest BCUT2D eigenvalue weighted by molar-refractivity contribution is -0.133. The van der Waals surface area contributed by atoms with Gasteiger partial charge in [-0.05, 0) is 18.6 Å². The van der Waals surface area contributed by atoms with Gasteiger partial charge in [0.05, 0.1) is 11.2 Å². The SMILES string of the molecule is O=C(COc1cccc(F)c1)N1CCCN(Cc2cscn2)CC1. The van der Waals surface area contributed by atoms with Gasteiger partial charge in [-0.3, -0.25) is 9.69 Å². The van der Waals surface area contributed by atoms with Crippen molar-refractivity contribution >= 4 is 17.2 Å². The van der Waals surface area contributed by atoms with Gasteiger partial charge in [-0.1, -0.05) is 6.07 Å². The Labute approximate surface area is 144 Å². The number of halogens is 1. The lowest BCUT2D eigenvalue weighted by Gasteiger charge is -2.21. The fourth-order valence-electron chi connectivity index (χ4n) is 2.72. The van der Waals surface area contributed by atoms with Gasteiger partial charge in [0.25, 0.3) is 5.91 Å². The van der Waals surface area contributed by atoms with E-state index in [1.165, 1.54) is 12.1 Å². The van der Waals surface area contributed by atoms with Crippen LogP contribution in [0.2, 0.25) is 0 Å². The van der Waals surface area contributed by atoms with Crippen molar-refractivity contribution in [2.24, 2.45) is 0 Å². The van der Waals surface area contributed by atoms with Crippen molar-refractivity contribution in [3.05, 3.63) is 46.7 Å². The number of aromatic nitrogens is 1. The molecular weight excluding hydrogens is 329 g/mol. The number of hydrogen-bond donors (Lipinski definition) is 0. The summed E-state index contributed by atoms with van der Waals surface area (Å²) in [5.74, 6) is -0.0505. The summed E-state index contributed by atoms with van der Waals surface area (Å²) in [5.41, 5.74) is 2.92. The van der Waals surface area contributed by atoms with Crippen LogP contribution in [-0.2, 0) is 11.3 Å². The third-order valence-electron chi connectivity index (χ3n) is 3.97. The van der Waals surface area contributed by atoms with Crippen LogP contribution in [0.15, 0.2) is 35.2 Å². The van der Waals surface area contributed by atoms with Crippen molar-refractivity contribution in [2.75, 3.05) is 32.8 Å². The highest BCUT2D eigenvalue weighted by Crippen LogP contribution is 2.13. The molecule has 24 heavy (non-hydrogen) atoms. The monoisotopic (exact) mass is 349 g/mol. The summed E-state index contributed by atoms with van der Waals surface area (Å²) in [6.45, 7) is 3.94. The van der Waals surface area contributed by atoms with Crippen LogP contribution in [0, 0.1) is 5.82 Å². The predicted molar refractivity (Wildman–Crippen MR) is 90.5 cm³/mol. The summed E-state index contributed by atoms with van der Waals surface area (Å²) >= 11 is 1.60. The van der Waals surface area contributed by atoms with Crippen LogP contribution in [0.1, 0.15) is 12.1 Å². The summed E-state index contributed by atoms with van der Waals surface area (Å²) in [5, 5.41) is 2.06. The minimum Gasteiger partial charge on any atom is -0.484 e. The highest BCUT2D eigenvalue weighted by Gasteiger charge is 2.20. The molecule has 1 aromatic carbocycles. The van der Waals surface area contributed by atoms with E-state index in [1.54, 1.807) is 23.5 Å². The highest BCUT2D eigenvalue weighted by molar-refractivity contribution is 7.07. The highest BCUT2D eigenvalue weighted by atomic mass is 32.1. The Balaban J connectivity index is 1.47. The molecule has 1 saturated heterocycles. The number of carbonyl (C=O) groups is 1. The van der Waals surface area contributed by atoms with E-state index >= 15 is 0 Å². The third kappa shape index (κ3) is 4.75. The predicted octanol–water partition coefficient (Wildman–Crippen LogP) is 2.40. The Morgan fingerprint density at radius 1 is 1.29 bits per heavy atom. The number of nitrogens with zero attached hydrogens (tertiary/aromatic N) is 3. The molecule has 0 aliphatic carbocycles. The zero-order chi connectivity index (χ0) is 16.8. The van der Waals surface area contributed by atoms with E-state index in [4.69, 9.17) is 4.74 Å². The van der Waals surface area contributed by atoms with Gasteiger partial charge in [-0.2, -0.15) is 0 Å². The van der Waals surface area contributed by atoms with Gasteiger partial charge in [-0.15, -0.1) is 11.3 Å². The van der Waals surface area contributed by atoms with Gasteiger partial charge in [0.1, 0.15) is 11.6 Å². The van der Waals surface area contributed by atoms with Crippen molar-refractivity contribution in [3.8, 4) is 5.75 Å². The lowest BCUT2D eigenvalue weighted by Crippen LogP contribution is -2.38. The van der Waals surface area contributed by atoms with Crippen molar-refractivity contribution in [1.29, 1.82) is 0 Å². The van der Waals surface area contributed by atoms with Gasteiger partial charge in [-0.25, -0.2) is 9.37 Å². The number of hydrogen-bond acceptors (Lipinski definition) is 5. The van der Waals surface area contributed by atoms with Gasteiger partial charge in [0.15, 0.2) is 6.61 Å². The average Bonchev–Trinajstić information content (AvgIpc) is 2.97. The minimum atomic E-state index is -0.368. The number of benzene rings is 1. The number of amides is 1. The quantitative estimate of drug-likeness (QED) is 0.832. The number of carbonyl (C=O) groups excluding carboxylic acids is 1. The van der Waals surface area contributed by atoms with Crippen LogP contribution < -0.4 is 4.74 Å². The van der Waals surface area contributed by atoms with Crippen LogP contribution in [0.5, 0.6) is 5.75 Å². The van der Waals surface area contributed by atoms with Gasteiger partial charge < -0.3 is 9.64 Å². The topological polar surface area (TPSA) is 45.7 Å². The molecule has 7 heteroatoms. The Hall–Kier alpha value is -1.99. The maximum absolute atomic E-state index is 13.1. The molecule has 0 unspecified atom stereocenters. The summed E-state index contributed by atoms with van der Waals surface area (Å²) in [6, 6.07) is 5.84. The normalized spacial score (nSPS) is 16.0. The first-order chi connectivity index (χ1) is 11.7. The molecule has 0 N–H and O–H groups in total. The second-order valence-corrected chi connectivity index (χ2v) is 6.46. The number of thiazole rings is 1. The van der Waals surface area contributed by atoms with Crippen molar-refractivity contribution in [2.45, 2.75) is 13.0 Å². The standard InChI is InChI=1S/C17H20FN3O2S/c18-14-3-1-4-16(9-14)23-11-17(22)21-6-2-5-20(7-8-21)10-15-12-24-13-19-15/h1,3-4,9,12-13H,2,5-8,10-11H2. The summed E-state index contributed by atoms with van der Waals surface area (Å²) in [6.07, 6.45) is 0.926. The van der Waals surface area contributed by atoms with Crippen molar-refractivity contribution in [3.63, 3.8) is 0 Å². The van der Waals surface area contributed by atoms with E-state index in [0.717, 1.165) is 38.3 Å². The van der Waals surface area contributed by atoms with Crippen LogP contribution in [0.3, 0.4) is 0 Å². The van der Waals surface area contributed by atoms with E-state index in [9.17, 15) is 9.18 Å². The molecule has 2 aromatic rings. The largest absolute Gasteiger partial charge is 0.484 e. The molecule has 0 bridgehead atoms. The van der Waals surface area contributed by atoms with Crippen molar-refractivity contribution < 1.29 is 13.9 Å². The first-order valence-electron chi connectivity index (χ1n) is 7.96. The smallest absolute Gasteiger partial charge is 0.260 e. The summed E-state index contributed by atoms with van der Waals surface area (Å²) in [4.78, 5) is 20.8. The molecule has 1 amide bonds. The Bertz CT molecular complexity index is 666.